The molecule has 0 aliphatic rings. The summed E-state index contributed by atoms with van der Waals surface area (Å²) >= 11 is 0. The van der Waals surface area contributed by atoms with Gasteiger partial charge in [0.1, 0.15) is 5.82 Å². The molecule has 0 amide bonds. The first-order valence-electron chi connectivity index (χ1n) is 9.67. The van der Waals surface area contributed by atoms with Crippen molar-refractivity contribution >= 4 is 16.7 Å². The van der Waals surface area contributed by atoms with Crippen LogP contribution in [-0.4, -0.2) is 51.5 Å². The highest BCUT2D eigenvalue weighted by atomic mass is 15.1. The normalized spacial score (nSPS) is 12.2. The molecule has 1 aromatic carbocycles. The highest BCUT2D eigenvalue weighted by Crippen LogP contribution is 2.24. The van der Waals surface area contributed by atoms with Gasteiger partial charge in [-0.2, -0.15) is 0 Å². The average molecular weight is 384 g/mol. The fourth-order valence-electron chi connectivity index (χ4n) is 3.28. The molecule has 0 aliphatic carbocycles. The number of anilines is 1. The van der Waals surface area contributed by atoms with E-state index in [9.17, 15) is 0 Å². The van der Waals surface area contributed by atoms with E-state index in [0.29, 0.717) is 11.9 Å². The zero-order valence-corrected chi connectivity index (χ0v) is 16.7. The second kappa shape index (κ2) is 8.75. The number of fused-ring (bicyclic) bond motifs is 1. The quantitative estimate of drug-likeness (QED) is 0.524. The Balaban J connectivity index is 1.62. The van der Waals surface area contributed by atoms with Gasteiger partial charge >= 0.3 is 0 Å². The number of hydrogen-bond donors (Lipinski definition) is 1. The van der Waals surface area contributed by atoms with Crippen LogP contribution in [0.4, 0.5) is 5.82 Å². The minimum absolute atomic E-state index is 0.327. The molecule has 0 unspecified atom stereocenters. The molecule has 146 valence electrons. The summed E-state index contributed by atoms with van der Waals surface area (Å²) in [6.45, 7) is 0.770. The second-order valence-corrected chi connectivity index (χ2v) is 7.21. The number of rotatable bonds is 7. The van der Waals surface area contributed by atoms with Crippen LogP contribution in [0.15, 0.2) is 73.3 Å². The van der Waals surface area contributed by atoms with Crippen LogP contribution in [0.2, 0.25) is 0 Å². The number of pyridine rings is 2. The number of nitrogens with one attached hydrogen (secondary N) is 1. The zero-order chi connectivity index (χ0) is 20.1. The SMILES string of the molecule is CN(C)[C@H](CNc1nc(-c2ccncc2)nc2cnccc12)Cc1ccccc1. The molecule has 1 N–H and O–H groups in total. The third-order valence-corrected chi connectivity index (χ3v) is 4.99. The van der Waals surface area contributed by atoms with Crippen molar-refractivity contribution in [2.24, 2.45) is 0 Å². The molecule has 4 aromatic rings. The number of hydrogen-bond acceptors (Lipinski definition) is 6. The third kappa shape index (κ3) is 4.55. The Morgan fingerprint density at radius 3 is 2.41 bits per heavy atom. The zero-order valence-electron chi connectivity index (χ0n) is 16.7. The summed E-state index contributed by atoms with van der Waals surface area (Å²) in [7, 11) is 4.22. The fourth-order valence-corrected chi connectivity index (χ4v) is 3.28. The van der Waals surface area contributed by atoms with Crippen molar-refractivity contribution in [3.05, 3.63) is 78.9 Å². The van der Waals surface area contributed by atoms with E-state index in [1.165, 1.54) is 5.56 Å². The lowest BCUT2D eigenvalue weighted by atomic mass is 10.1. The number of aromatic nitrogens is 4. The average Bonchev–Trinajstić information content (AvgIpc) is 2.77. The summed E-state index contributed by atoms with van der Waals surface area (Å²) in [5.41, 5.74) is 3.07. The van der Waals surface area contributed by atoms with Crippen LogP contribution in [-0.2, 0) is 6.42 Å². The maximum atomic E-state index is 4.81. The lowest BCUT2D eigenvalue weighted by molar-refractivity contribution is 0.303. The van der Waals surface area contributed by atoms with Crippen LogP contribution >= 0.6 is 0 Å². The molecule has 1 atom stereocenters. The summed E-state index contributed by atoms with van der Waals surface area (Å²) in [4.78, 5) is 20.1. The van der Waals surface area contributed by atoms with Gasteiger partial charge in [0.05, 0.1) is 11.7 Å². The van der Waals surface area contributed by atoms with Crippen LogP contribution in [0.3, 0.4) is 0 Å². The predicted molar refractivity (Wildman–Crippen MR) is 117 cm³/mol. The maximum absolute atomic E-state index is 4.81. The minimum Gasteiger partial charge on any atom is -0.368 e. The van der Waals surface area contributed by atoms with Gasteiger partial charge in [-0.15, -0.1) is 0 Å². The van der Waals surface area contributed by atoms with E-state index < -0.39 is 0 Å². The summed E-state index contributed by atoms with van der Waals surface area (Å²) in [5.74, 6) is 1.49. The fraction of sp³-hybridized carbons (Fsp3) is 0.217. The molecule has 0 radical (unpaired) electrons. The molecule has 0 spiro atoms. The molecule has 29 heavy (non-hydrogen) atoms. The molecule has 6 nitrogen and oxygen atoms in total. The Morgan fingerprint density at radius 2 is 1.66 bits per heavy atom. The van der Waals surface area contributed by atoms with Crippen molar-refractivity contribution in [3.63, 3.8) is 0 Å². The highest BCUT2D eigenvalue weighted by Gasteiger charge is 2.15. The molecule has 6 heteroatoms. The number of likely N-dealkylation sites (N-methyl/N-ethyl adjacent to an activating group) is 1. The van der Waals surface area contributed by atoms with Crippen molar-refractivity contribution in [1.82, 2.24) is 24.8 Å². The topological polar surface area (TPSA) is 66.8 Å². The van der Waals surface area contributed by atoms with Gasteiger partial charge in [0, 0.05) is 42.1 Å². The van der Waals surface area contributed by atoms with Crippen molar-refractivity contribution in [2.45, 2.75) is 12.5 Å². The van der Waals surface area contributed by atoms with Gasteiger partial charge in [-0.05, 0) is 44.3 Å². The van der Waals surface area contributed by atoms with Crippen LogP contribution in [0.1, 0.15) is 5.56 Å². The Kier molecular flexibility index (Phi) is 5.72. The van der Waals surface area contributed by atoms with E-state index in [1.54, 1.807) is 24.8 Å². The van der Waals surface area contributed by atoms with E-state index in [0.717, 1.165) is 35.2 Å². The van der Waals surface area contributed by atoms with Crippen LogP contribution < -0.4 is 5.32 Å². The molecule has 0 fully saturated rings. The Bertz CT molecular complexity index is 1070. The number of benzene rings is 1. The summed E-state index contributed by atoms with van der Waals surface area (Å²) in [6, 6.07) is 16.7. The molecule has 0 aliphatic heterocycles. The summed E-state index contributed by atoms with van der Waals surface area (Å²) < 4.78 is 0. The molecule has 3 aromatic heterocycles. The van der Waals surface area contributed by atoms with Crippen molar-refractivity contribution in [3.8, 4) is 11.4 Å². The lowest BCUT2D eigenvalue weighted by Gasteiger charge is -2.25. The van der Waals surface area contributed by atoms with Crippen molar-refractivity contribution < 1.29 is 0 Å². The molecule has 0 saturated carbocycles. The summed E-state index contributed by atoms with van der Waals surface area (Å²) in [6.07, 6.45) is 8.02. The third-order valence-electron chi connectivity index (χ3n) is 4.99. The molecular formula is C23H24N6. The largest absolute Gasteiger partial charge is 0.368 e. The first-order chi connectivity index (χ1) is 14.2. The first kappa shape index (κ1) is 19.0. The molecule has 0 saturated heterocycles. The Hall–Kier alpha value is -3.38. The van der Waals surface area contributed by atoms with Crippen LogP contribution in [0.25, 0.3) is 22.3 Å². The van der Waals surface area contributed by atoms with Crippen LogP contribution in [0, 0.1) is 0 Å². The van der Waals surface area contributed by atoms with Gasteiger partial charge in [0.2, 0.25) is 0 Å². The van der Waals surface area contributed by atoms with Crippen LogP contribution in [0.5, 0.6) is 0 Å². The minimum atomic E-state index is 0.327. The van der Waals surface area contributed by atoms with Gasteiger partial charge in [0.25, 0.3) is 0 Å². The first-order valence-corrected chi connectivity index (χ1v) is 9.67. The van der Waals surface area contributed by atoms with Gasteiger partial charge in [-0.3, -0.25) is 9.97 Å². The van der Waals surface area contributed by atoms with E-state index in [1.807, 2.05) is 24.3 Å². The van der Waals surface area contributed by atoms with Crippen molar-refractivity contribution in [2.75, 3.05) is 26.0 Å². The predicted octanol–water partition coefficient (Wildman–Crippen LogP) is 3.67. The lowest BCUT2D eigenvalue weighted by Crippen LogP contribution is -2.36. The van der Waals surface area contributed by atoms with Gasteiger partial charge in [0.15, 0.2) is 5.82 Å². The van der Waals surface area contributed by atoms with E-state index in [4.69, 9.17) is 4.98 Å². The maximum Gasteiger partial charge on any atom is 0.162 e. The van der Waals surface area contributed by atoms with E-state index in [-0.39, 0.29) is 0 Å². The standard InChI is InChI=1S/C23H24N6/c1-29(2)19(14-17-6-4-3-5-7-17)15-26-23-20-10-13-25-16-21(20)27-22(28-23)18-8-11-24-12-9-18/h3-13,16,19H,14-15H2,1-2H3,(H,26,27,28)/t19-/m0/s1. The Labute approximate surface area is 170 Å². The Morgan fingerprint density at radius 1 is 0.897 bits per heavy atom. The van der Waals surface area contributed by atoms with Gasteiger partial charge < -0.3 is 10.2 Å². The monoisotopic (exact) mass is 384 g/mol. The number of nitrogens with zero attached hydrogens (tertiary/aromatic N) is 5. The molecule has 3 heterocycles. The van der Waals surface area contributed by atoms with Gasteiger partial charge in [-0.25, -0.2) is 9.97 Å². The summed E-state index contributed by atoms with van der Waals surface area (Å²) in [5, 5.41) is 4.53. The molecule has 0 bridgehead atoms. The highest BCUT2D eigenvalue weighted by molar-refractivity contribution is 5.89. The van der Waals surface area contributed by atoms with E-state index in [2.05, 4.69) is 63.5 Å². The molecule has 4 rings (SSSR count). The van der Waals surface area contributed by atoms with Crippen molar-refractivity contribution in [1.29, 1.82) is 0 Å². The second-order valence-electron chi connectivity index (χ2n) is 7.21. The smallest absolute Gasteiger partial charge is 0.162 e. The van der Waals surface area contributed by atoms with Gasteiger partial charge in [-0.1, -0.05) is 30.3 Å². The van der Waals surface area contributed by atoms with E-state index >= 15 is 0 Å². The molecular weight excluding hydrogens is 360 g/mol.